The number of aliphatic hydroxyl groups is 1. The summed E-state index contributed by atoms with van der Waals surface area (Å²) in [5.74, 6) is 0. The van der Waals surface area contributed by atoms with Crippen molar-refractivity contribution in [3.63, 3.8) is 0 Å². The first-order chi connectivity index (χ1) is 8.11. The van der Waals surface area contributed by atoms with Crippen LogP contribution in [0.3, 0.4) is 0 Å². The molecule has 90 valence electrons. The SMILES string of the molecule is CC(C)n1ncc(Br)c1C(O)c1cncnc1. The van der Waals surface area contributed by atoms with Crippen molar-refractivity contribution in [1.29, 1.82) is 0 Å². The molecule has 0 spiro atoms. The minimum atomic E-state index is -0.782. The largest absolute Gasteiger partial charge is 0.382 e. The Morgan fingerprint density at radius 2 is 1.88 bits per heavy atom. The third kappa shape index (κ3) is 2.37. The lowest BCUT2D eigenvalue weighted by Crippen LogP contribution is -2.13. The fourth-order valence-electron chi connectivity index (χ4n) is 1.63. The maximum absolute atomic E-state index is 10.3. The van der Waals surface area contributed by atoms with Gasteiger partial charge in [-0.3, -0.25) is 4.68 Å². The molecule has 2 heterocycles. The standard InChI is InChI=1S/C11H13BrN4O/c1-7(2)16-10(9(12)5-15-16)11(17)8-3-13-6-14-4-8/h3-7,11,17H,1-2H3. The van der Waals surface area contributed by atoms with Crippen LogP contribution in [0.1, 0.15) is 37.3 Å². The quantitative estimate of drug-likeness (QED) is 0.942. The molecule has 0 fully saturated rings. The summed E-state index contributed by atoms with van der Waals surface area (Å²) in [5.41, 5.74) is 1.37. The van der Waals surface area contributed by atoms with Crippen LogP contribution in [0, 0.1) is 0 Å². The number of nitrogens with zero attached hydrogens (tertiary/aromatic N) is 4. The van der Waals surface area contributed by atoms with E-state index in [0.717, 1.165) is 10.2 Å². The molecule has 1 unspecified atom stereocenters. The fourth-order valence-corrected chi connectivity index (χ4v) is 2.12. The Kier molecular flexibility index (Phi) is 3.54. The molecule has 17 heavy (non-hydrogen) atoms. The molecule has 1 atom stereocenters. The number of hydrogen-bond acceptors (Lipinski definition) is 4. The molecule has 0 aromatic carbocycles. The van der Waals surface area contributed by atoms with Gasteiger partial charge in [0.25, 0.3) is 0 Å². The van der Waals surface area contributed by atoms with E-state index in [1.807, 2.05) is 13.8 Å². The molecule has 0 radical (unpaired) electrons. The van der Waals surface area contributed by atoms with E-state index in [-0.39, 0.29) is 6.04 Å². The number of hydrogen-bond donors (Lipinski definition) is 1. The van der Waals surface area contributed by atoms with Gasteiger partial charge in [-0.05, 0) is 29.8 Å². The maximum Gasteiger partial charge on any atom is 0.125 e. The van der Waals surface area contributed by atoms with Gasteiger partial charge in [-0.1, -0.05) is 0 Å². The Morgan fingerprint density at radius 1 is 1.24 bits per heavy atom. The van der Waals surface area contributed by atoms with E-state index in [9.17, 15) is 5.11 Å². The van der Waals surface area contributed by atoms with Crippen LogP contribution < -0.4 is 0 Å². The van der Waals surface area contributed by atoms with Crippen molar-refractivity contribution in [2.75, 3.05) is 0 Å². The van der Waals surface area contributed by atoms with Crippen LogP contribution in [0.4, 0.5) is 0 Å². The summed E-state index contributed by atoms with van der Waals surface area (Å²) in [5, 5.41) is 14.6. The summed E-state index contributed by atoms with van der Waals surface area (Å²) in [6.45, 7) is 4.02. The summed E-state index contributed by atoms with van der Waals surface area (Å²) in [4.78, 5) is 7.81. The summed E-state index contributed by atoms with van der Waals surface area (Å²) < 4.78 is 2.56. The highest BCUT2D eigenvalue weighted by atomic mass is 79.9. The topological polar surface area (TPSA) is 63.8 Å². The lowest BCUT2D eigenvalue weighted by molar-refractivity contribution is 0.203. The van der Waals surface area contributed by atoms with Gasteiger partial charge in [0.2, 0.25) is 0 Å². The van der Waals surface area contributed by atoms with Crippen molar-refractivity contribution in [2.45, 2.75) is 26.0 Å². The monoisotopic (exact) mass is 296 g/mol. The minimum absolute atomic E-state index is 0.176. The minimum Gasteiger partial charge on any atom is -0.382 e. The smallest absolute Gasteiger partial charge is 0.125 e. The van der Waals surface area contributed by atoms with Gasteiger partial charge in [0, 0.05) is 24.0 Å². The van der Waals surface area contributed by atoms with Crippen molar-refractivity contribution in [2.24, 2.45) is 0 Å². The van der Waals surface area contributed by atoms with Crippen LogP contribution in [-0.4, -0.2) is 24.9 Å². The van der Waals surface area contributed by atoms with Gasteiger partial charge in [-0.2, -0.15) is 5.10 Å². The van der Waals surface area contributed by atoms with Crippen molar-refractivity contribution < 1.29 is 5.11 Å². The zero-order chi connectivity index (χ0) is 12.4. The summed E-state index contributed by atoms with van der Waals surface area (Å²) >= 11 is 3.40. The molecule has 0 aliphatic rings. The summed E-state index contributed by atoms with van der Waals surface area (Å²) in [6.07, 6.45) is 5.53. The van der Waals surface area contributed by atoms with E-state index < -0.39 is 6.10 Å². The highest BCUT2D eigenvalue weighted by Gasteiger charge is 2.21. The number of aliphatic hydroxyl groups excluding tert-OH is 1. The molecule has 0 aliphatic heterocycles. The summed E-state index contributed by atoms with van der Waals surface area (Å²) in [6, 6.07) is 0.176. The number of aromatic nitrogens is 4. The van der Waals surface area contributed by atoms with Crippen LogP contribution in [0.25, 0.3) is 0 Å². The van der Waals surface area contributed by atoms with Crippen LogP contribution in [0.15, 0.2) is 29.4 Å². The Morgan fingerprint density at radius 3 is 2.47 bits per heavy atom. The van der Waals surface area contributed by atoms with E-state index in [4.69, 9.17) is 0 Å². The zero-order valence-electron chi connectivity index (χ0n) is 9.58. The van der Waals surface area contributed by atoms with Crippen molar-refractivity contribution >= 4 is 15.9 Å². The fraction of sp³-hybridized carbons (Fsp3) is 0.364. The predicted octanol–water partition coefficient (Wildman–Crippen LogP) is 2.10. The third-order valence-electron chi connectivity index (χ3n) is 2.43. The zero-order valence-corrected chi connectivity index (χ0v) is 11.2. The summed E-state index contributed by atoms with van der Waals surface area (Å²) in [7, 11) is 0. The first-order valence-corrected chi connectivity index (χ1v) is 6.06. The lowest BCUT2D eigenvalue weighted by atomic mass is 10.1. The second-order valence-electron chi connectivity index (χ2n) is 3.99. The molecule has 0 bridgehead atoms. The molecule has 2 aromatic rings. The molecule has 5 nitrogen and oxygen atoms in total. The van der Waals surface area contributed by atoms with Crippen molar-refractivity contribution in [3.05, 3.63) is 40.6 Å². The molecule has 1 N–H and O–H groups in total. The molecular weight excluding hydrogens is 284 g/mol. The first-order valence-electron chi connectivity index (χ1n) is 5.27. The Labute approximate surface area is 108 Å². The highest BCUT2D eigenvalue weighted by Crippen LogP contribution is 2.29. The van der Waals surface area contributed by atoms with E-state index in [2.05, 4.69) is 31.0 Å². The number of rotatable bonds is 3. The van der Waals surface area contributed by atoms with Gasteiger partial charge in [-0.25, -0.2) is 9.97 Å². The average Bonchev–Trinajstić information content (AvgIpc) is 2.71. The van der Waals surface area contributed by atoms with Crippen LogP contribution in [0.2, 0.25) is 0 Å². The molecular formula is C11H13BrN4O. The van der Waals surface area contributed by atoms with Gasteiger partial charge in [0.1, 0.15) is 12.4 Å². The second kappa shape index (κ2) is 4.93. The van der Waals surface area contributed by atoms with E-state index in [1.54, 1.807) is 23.3 Å². The lowest BCUT2D eigenvalue weighted by Gasteiger charge is -2.16. The van der Waals surface area contributed by atoms with E-state index in [1.165, 1.54) is 6.33 Å². The second-order valence-corrected chi connectivity index (χ2v) is 4.84. The van der Waals surface area contributed by atoms with Crippen LogP contribution in [0.5, 0.6) is 0 Å². The number of halogens is 1. The van der Waals surface area contributed by atoms with Gasteiger partial charge < -0.3 is 5.11 Å². The van der Waals surface area contributed by atoms with E-state index in [0.29, 0.717) is 5.56 Å². The molecule has 6 heteroatoms. The van der Waals surface area contributed by atoms with Crippen molar-refractivity contribution in [3.8, 4) is 0 Å². The predicted molar refractivity (Wildman–Crippen MR) is 66.4 cm³/mol. The molecule has 0 saturated heterocycles. The molecule has 2 aromatic heterocycles. The van der Waals surface area contributed by atoms with Gasteiger partial charge in [-0.15, -0.1) is 0 Å². The van der Waals surface area contributed by atoms with Crippen LogP contribution >= 0.6 is 15.9 Å². The van der Waals surface area contributed by atoms with Gasteiger partial charge in [0.05, 0.1) is 16.4 Å². The van der Waals surface area contributed by atoms with Crippen molar-refractivity contribution in [1.82, 2.24) is 19.7 Å². The molecule has 2 rings (SSSR count). The Hall–Kier alpha value is -1.27. The van der Waals surface area contributed by atoms with Crippen LogP contribution in [-0.2, 0) is 0 Å². The van der Waals surface area contributed by atoms with Gasteiger partial charge >= 0.3 is 0 Å². The molecule has 0 amide bonds. The maximum atomic E-state index is 10.3. The molecule has 0 saturated carbocycles. The average molecular weight is 297 g/mol. The Balaban J connectivity index is 2.43. The molecule has 0 aliphatic carbocycles. The normalized spacial score (nSPS) is 13.0. The van der Waals surface area contributed by atoms with E-state index >= 15 is 0 Å². The van der Waals surface area contributed by atoms with Gasteiger partial charge in [0.15, 0.2) is 0 Å². The first kappa shape index (κ1) is 12.2. The third-order valence-corrected chi connectivity index (χ3v) is 3.04. The highest BCUT2D eigenvalue weighted by molar-refractivity contribution is 9.10. The Bertz CT molecular complexity index is 497.